The maximum absolute atomic E-state index is 5.44. The van der Waals surface area contributed by atoms with Gasteiger partial charge in [0, 0.05) is 33.4 Å². The molecule has 8 nitrogen and oxygen atoms in total. The molecular formula is C18H28N6O2. The predicted molar refractivity (Wildman–Crippen MR) is 99.7 cm³/mol. The molecule has 1 aliphatic rings. The molecule has 1 aliphatic heterocycles. The lowest BCUT2D eigenvalue weighted by molar-refractivity contribution is 0.0625. The molecule has 26 heavy (non-hydrogen) atoms. The van der Waals surface area contributed by atoms with Crippen LogP contribution in [0.3, 0.4) is 0 Å². The first-order chi connectivity index (χ1) is 12.8. The number of aromatic amines is 1. The molecule has 1 saturated heterocycles. The van der Waals surface area contributed by atoms with E-state index in [4.69, 9.17) is 9.15 Å². The molecule has 0 aliphatic carbocycles. The maximum atomic E-state index is 5.44. The second kappa shape index (κ2) is 9.38. The summed E-state index contributed by atoms with van der Waals surface area (Å²) in [4.78, 5) is 11.3. The first kappa shape index (κ1) is 18.4. The van der Waals surface area contributed by atoms with Gasteiger partial charge in [-0.2, -0.15) is 0 Å². The van der Waals surface area contributed by atoms with Crippen LogP contribution >= 0.6 is 0 Å². The number of guanidine groups is 1. The van der Waals surface area contributed by atoms with Crippen molar-refractivity contribution in [2.75, 3.05) is 33.4 Å². The Morgan fingerprint density at radius 1 is 1.42 bits per heavy atom. The van der Waals surface area contributed by atoms with Gasteiger partial charge in [-0.1, -0.05) is 0 Å². The van der Waals surface area contributed by atoms with Crippen LogP contribution in [0.15, 0.2) is 27.8 Å². The lowest BCUT2D eigenvalue weighted by atomic mass is 9.96. The number of H-pyrrole nitrogens is 1. The van der Waals surface area contributed by atoms with Crippen LogP contribution in [0, 0.1) is 5.92 Å². The SMILES string of the molecule is CCNC(=NCc1nc(-c2ccco2)n[nH]1)N(C)CCC1CCOCC1. The molecule has 3 rings (SSSR count). The average Bonchev–Trinajstić information content (AvgIpc) is 3.35. The minimum atomic E-state index is 0.442. The molecule has 0 amide bonds. The van der Waals surface area contributed by atoms with Crippen molar-refractivity contribution in [3.63, 3.8) is 0 Å². The third-order valence-corrected chi connectivity index (χ3v) is 4.56. The lowest BCUT2D eigenvalue weighted by Crippen LogP contribution is -2.40. The number of hydrogen-bond donors (Lipinski definition) is 2. The van der Waals surface area contributed by atoms with Gasteiger partial charge in [-0.05, 0) is 44.2 Å². The highest BCUT2D eigenvalue weighted by Gasteiger charge is 2.15. The molecule has 3 heterocycles. The summed E-state index contributed by atoms with van der Waals surface area (Å²) < 4.78 is 10.8. The molecule has 2 N–H and O–H groups in total. The van der Waals surface area contributed by atoms with Crippen LogP contribution in [-0.2, 0) is 11.3 Å². The molecule has 0 spiro atoms. The highest BCUT2D eigenvalue weighted by Crippen LogP contribution is 2.18. The van der Waals surface area contributed by atoms with Gasteiger partial charge >= 0.3 is 0 Å². The van der Waals surface area contributed by atoms with Crippen molar-refractivity contribution in [2.45, 2.75) is 32.7 Å². The third-order valence-electron chi connectivity index (χ3n) is 4.56. The number of ether oxygens (including phenoxy) is 1. The number of rotatable bonds is 7. The second-order valence-corrected chi connectivity index (χ2v) is 6.52. The maximum Gasteiger partial charge on any atom is 0.216 e. The van der Waals surface area contributed by atoms with E-state index in [0.717, 1.165) is 57.4 Å². The normalized spacial score (nSPS) is 16.0. The van der Waals surface area contributed by atoms with E-state index in [1.165, 1.54) is 0 Å². The van der Waals surface area contributed by atoms with Crippen LogP contribution in [0.1, 0.15) is 32.0 Å². The average molecular weight is 360 g/mol. The Bertz CT molecular complexity index is 676. The Hall–Kier alpha value is -2.35. The zero-order valence-electron chi connectivity index (χ0n) is 15.6. The van der Waals surface area contributed by atoms with E-state index < -0.39 is 0 Å². The Balaban J connectivity index is 1.55. The van der Waals surface area contributed by atoms with E-state index in [9.17, 15) is 0 Å². The Morgan fingerprint density at radius 3 is 3.00 bits per heavy atom. The van der Waals surface area contributed by atoms with E-state index >= 15 is 0 Å². The minimum Gasteiger partial charge on any atom is -0.461 e. The summed E-state index contributed by atoms with van der Waals surface area (Å²) in [6.45, 7) is 6.11. The molecule has 8 heteroatoms. The van der Waals surface area contributed by atoms with Crippen LogP contribution in [0.2, 0.25) is 0 Å². The Labute approximate surface area is 154 Å². The molecule has 1 fully saturated rings. The number of aromatic nitrogens is 3. The van der Waals surface area contributed by atoms with Gasteiger partial charge in [0.25, 0.3) is 0 Å². The van der Waals surface area contributed by atoms with E-state index in [2.05, 4.69) is 44.4 Å². The van der Waals surface area contributed by atoms with Crippen molar-refractivity contribution in [1.29, 1.82) is 0 Å². The van der Waals surface area contributed by atoms with Gasteiger partial charge in [-0.3, -0.25) is 5.10 Å². The van der Waals surface area contributed by atoms with Crippen LogP contribution in [0.25, 0.3) is 11.6 Å². The molecule has 0 saturated carbocycles. The molecular weight excluding hydrogens is 332 g/mol. The van der Waals surface area contributed by atoms with Gasteiger partial charge in [-0.15, -0.1) is 5.10 Å². The van der Waals surface area contributed by atoms with Crippen LogP contribution < -0.4 is 5.32 Å². The predicted octanol–water partition coefficient (Wildman–Crippen LogP) is 2.28. The Kier molecular flexibility index (Phi) is 6.65. The number of nitrogens with one attached hydrogen (secondary N) is 2. The van der Waals surface area contributed by atoms with Gasteiger partial charge in [0.05, 0.1) is 6.26 Å². The summed E-state index contributed by atoms with van der Waals surface area (Å²) in [6.07, 6.45) is 5.10. The number of nitrogens with zero attached hydrogens (tertiary/aromatic N) is 4. The van der Waals surface area contributed by atoms with E-state index in [1.807, 2.05) is 12.1 Å². The lowest BCUT2D eigenvalue weighted by Gasteiger charge is -2.26. The standard InChI is InChI=1S/C18H28N6O2/c1-3-19-18(24(2)9-6-14-7-11-25-12-8-14)20-13-16-21-17(23-22-16)15-5-4-10-26-15/h4-5,10,14H,3,6-9,11-13H2,1-2H3,(H,19,20)(H,21,22,23). The number of furan rings is 1. The van der Waals surface area contributed by atoms with Crippen molar-refractivity contribution < 1.29 is 9.15 Å². The summed E-state index contributed by atoms with van der Waals surface area (Å²) >= 11 is 0. The first-order valence-electron chi connectivity index (χ1n) is 9.28. The van der Waals surface area contributed by atoms with Gasteiger partial charge in [0.1, 0.15) is 12.4 Å². The van der Waals surface area contributed by atoms with Crippen molar-refractivity contribution in [3.8, 4) is 11.6 Å². The summed E-state index contributed by atoms with van der Waals surface area (Å²) in [7, 11) is 2.08. The third kappa shape index (κ3) is 5.08. The highest BCUT2D eigenvalue weighted by molar-refractivity contribution is 5.79. The second-order valence-electron chi connectivity index (χ2n) is 6.52. The van der Waals surface area contributed by atoms with Gasteiger partial charge in [0.2, 0.25) is 5.82 Å². The summed E-state index contributed by atoms with van der Waals surface area (Å²) in [5.74, 6) is 3.55. The van der Waals surface area contributed by atoms with Gasteiger partial charge in [0.15, 0.2) is 11.7 Å². The van der Waals surface area contributed by atoms with Gasteiger partial charge < -0.3 is 19.4 Å². The molecule has 2 aromatic rings. The minimum absolute atomic E-state index is 0.442. The fourth-order valence-corrected chi connectivity index (χ4v) is 3.02. The molecule has 0 bridgehead atoms. The highest BCUT2D eigenvalue weighted by atomic mass is 16.5. The molecule has 0 atom stereocenters. The van der Waals surface area contributed by atoms with E-state index in [1.54, 1.807) is 6.26 Å². The van der Waals surface area contributed by atoms with E-state index in [0.29, 0.717) is 24.0 Å². The first-order valence-corrected chi connectivity index (χ1v) is 9.28. The van der Waals surface area contributed by atoms with Crippen molar-refractivity contribution in [2.24, 2.45) is 10.9 Å². The van der Waals surface area contributed by atoms with Crippen molar-refractivity contribution >= 4 is 5.96 Å². The monoisotopic (exact) mass is 360 g/mol. The van der Waals surface area contributed by atoms with Crippen molar-refractivity contribution in [1.82, 2.24) is 25.4 Å². The fraction of sp³-hybridized carbons (Fsp3) is 0.611. The quantitative estimate of drug-likeness (QED) is 0.581. The number of aliphatic imine (C=N–C) groups is 1. The number of hydrogen-bond acceptors (Lipinski definition) is 5. The largest absolute Gasteiger partial charge is 0.461 e. The zero-order valence-corrected chi connectivity index (χ0v) is 15.6. The van der Waals surface area contributed by atoms with Crippen molar-refractivity contribution in [3.05, 3.63) is 24.2 Å². The van der Waals surface area contributed by atoms with Crippen LogP contribution in [-0.4, -0.2) is 59.4 Å². The molecule has 0 unspecified atom stereocenters. The van der Waals surface area contributed by atoms with Crippen LogP contribution in [0.5, 0.6) is 0 Å². The molecule has 0 aromatic carbocycles. The molecule has 142 valence electrons. The molecule has 0 radical (unpaired) electrons. The topological polar surface area (TPSA) is 91.6 Å². The fourth-order valence-electron chi connectivity index (χ4n) is 3.02. The zero-order chi connectivity index (χ0) is 18.2. The van der Waals surface area contributed by atoms with Gasteiger partial charge in [-0.25, -0.2) is 9.98 Å². The van der Waals surface area contributed by atoms with E-state index in [-0.39, 0.29) is 0 Å². The van der Waals surface area contributed by atoms with Crippen LogP contribution in [0.4, 0.5) is 0 Å². The summed E-state index contributed by atoms with van der Waals surface area (Å²) in [5, 5.41) is 10.5. The Morgan fingerprint density at radius 2 is 2.27 bits per heavy atom. The smallest absolute Gasteiger partial charge is 0.216 e. The summed E-state index contributed by atoms with van der Waals surface area (Å²) in [5.41, 5.74) is 0. The summed E-state index contributed by atoms with van der Waals surface area (Å²) in [6, 6.07) is 3.66. The molecule has 2 aromatic heterocycles.